The third-order valence-electron chi connectivity index (χ3n) is 3.60. The molecule has 128 valence electrons. The minimum atomic E-state index is -0.398. The van der Waals surface area contributed by atoms with Crippen molar-refractivity contribution in [1.29, 1.82) is 0 Å². The molecule has 5 nitrogen and oxygen atoms in total. The fourth-order valence-electron chi connectivity index (χ4n) is 2.89. The van der Waals surface area contributed by atoms with Gasteiger partial charge in [-0.3, -0.25) is 4.79 Å². The van der Waals surface area contributed by atoms with E-state index < -0.39 is 5.60 Å². The van der Waals surface area contributed by atoms with Gasteiger partial charge >= 0.3 is 0 Å². The van der Waals surface area contributed by atoms with Crippen LogP contribution in [0.4, 0.5) is 0 Å². The van der Waals surface area contributed by atoms with Crippen LogP contribution in [0.2, 0.25) is 0 Å². The Morgan fingerprint density at radius 3 is 2.74 bits per heavy atom. The lowest BCUT2D eigenvalue weighted by molar-refractivity contribution is -0.143. The topological polar surface area (TPSA) is 48.0 Å². The van der Waals surface area contributed by atoms with Gasteiger partial charge in [-0.2, -0.15) is 0 Å². The standard InChI is InChI=1S/C18H27NO4/c1-13(2)22-16-9-7-6-8-15(16)17(20)19-10-14(11-21-5)23-18(3,4)12-19/h6-9,13-14H,10-12H2,1-5H3/t14-/m1/s1. The van der Waals surface area contributed by atoms with Crippen LogP contribution in [0.1, 0.15) is 38.1 Å². The van der Waals surface area contributed by atoms with E-state index in [1.807, 2.05) is 56.9 Å². The number of hydrogen-bond donors (Lipinski definition) is 0. The second-order valence-electron chi connectivity index (χ2n) is 6.80. The fourth-order valence-corrected chi connectivity index (χ4v) is 2.89. The monoisotopic (exact) mass is 321 g/mol. The van der Waals surface area contributed by atoms with E-state index in [9.17, 15) is 4.79 Å². The lowest BCUT2D eigenvalue weighted by atomic mass is 10.0. The molecule has 1 aromatic carbocycles. The molecule has 0 bridgehead atoms. The summed E-state index contributed by atoms with van der Waals surface area (Å²) in [7, 11) is 1.64. The molecule has 1 atom stereocenters. The number of nitrogens with zero attached hydrogens (tertiary/aromatic N) is 1. The summed E-state index contributed by atoms with van der Waals surface area (Å²) in [4.78, 5) is 14.8. The molecule has 0 aliphatic carbocycles. The molecule has 1 amide bonds. The summed E-state index contributed by atoms with van der Waals surface area (Å²) in [5.41, 5.74) is 0.195. The van der Waals surface area contributed by atoms with Gasteiger partial charge in [-0.15, -0.1) is 0 Å². The first-order valence-corrected chi connectivity index (χ1v) is 8.04. The van der Waals surface area contributed by atoms with Crippen molar-refractivity contribution in [2.75, 3.05) is 26.8 Å². The van der Waals surface area contributed by atoms with Crippen molar-refractivity contribution in [3.63, 3.8) is 0 Å². The van der Waals surface area contributed by atoms with Crippen molar-refractivity contribution < 1.29 is 19.0 Å². The summed E-state index contributed by atoms with van der Waals surface area (Å²) in [6.07, 6.45) is -0.0998. The SMILES string of the molecule is COC[C@H]1CN(C(=O)c2ccccc2OC(C)C)CC(C)(C)O1. The molecule has 1 aliphatic rings. The van der Waals surface area contributed by atoms with Crippen LogP contribution in [0, 0.1) is 0 Å². The quantitative estimate of drug-likeness (QED) is 0.837. The van der Waals surface area contributed by atoms with Crippen molar-refractivity contribution in [3.05, 3.63) is 29.8 Å². The maximum atomic E-state index is 13.0. The second kappa shape index (κ2) is 7.32. The van der Waals surface area contributed by atoms with Crippen LogP contribution in [0.25, 0.3) is 0 Å². The molecule has 1 heterocycles. The molecule has 0 aromatic heterocycles. The highest BCUT2D eigenvalue weighted by atomic mass is 16.5. The van der Waals surface area contributed by atoms with Crippen molar-refractivity contribution in [3.8, 4) is 5.75 Å². The van der Waals surface area contributed by atoms with Crippen LogP contribution in [0.5, 0.6) is 5.75 Å². The Labute approximate surface area is 138 Å². The maximum Gasteiger partial charge on any atom is 0.257 e. The van der Waals surface area contributed by atoms with Gasteiger partial charge in [0, 0.05) is 20.2 Å². The van der Waals surface area contributed by atoms with Crippen LogP contribution in [-0.4, -0.2) is 55.4 Å². The molecule has 1 saturated heterocycles. The third kappa shape index (κ3) is 4.69. The largest absolute Gasteiger partial charge is 0.490 e. The first-order valence-electron chi connectivity index (χ1n) is 8.04. The van der Waals surface area contributed by atoms with Gasteiger partial charge in [-0.25, -0.2) is 0 Å². The van der Waals surface area contributed by atoms with Crippen LogP contribution < -0.4 is 4.74 Å². The number of morpholine rings is 1. The van der Waals surface area contributed by atoms with E-state index >= 15 is 0 Å². The van der Waals surface area contributed by atoms with Crippen LogP contribution in [-0.2, 0) is 9.47 Å². The van der Waals surface area contributed by atoms with Crippen molar-refractivity contribution in [2.45, 2.75) is 45.5 Å². The Balaban J connectivity index is 2.22. The van der Waals surface area contributed by atoms with Gasteiger partial charge < -0.3 is 19.1 Å². The van der Waals surface area contributed by atoms with Crippen LogP contribution in [0.3, 0.4) is 0 Å². The zero-order valence-corrected chi connectivity index (χ0v) is 14.7. The van der Waals surface area contributed by atoms with E-state index in [4.69, 9.17) is 14.2 Å². The Hall–Kier alpha value is -1.59. The van der Waals surface area contributed by atoms with Gasteiger partial charge in [0.25, 0.3) is 5.91 Å². The van der Waals surface area contributed by atoms with Gasteiger partial charge in [0.05, 0.1) is 30.0 Å². The van der Waals surface area contributed by atoms with Gasteiger partial charge in [0.15, 0.2) is 0 Å². The lowest BCUT2D eigenvalue weighted by Crippen LogP contribution is -2.55. The van der Waals surface area contributed by atoms with Gasteiger partial charge in [0.1, 0.15) is 5.75 Å². The van der Waals surface area contributed by atoms with Gasteiger partial charge in [-0.1, -0.05) is 12.1 Å². The number of carbonyl (C=O) groups excluding carboxylic acids is 1. The normalized spacial score (nSPS) is 20.6. The average Bonchev–Trinajstić information content (AvgIpc) is 2.45. The molecule has 0 unspecified atom stereocenters. The Kier molecular flexibility index (Phi) is 5.65. The van der Waals surface area contributed by atoms with E-state index in [-0.39, 0.29) is 18.1 Å². The number of rotatable bonds is 5. The Morgan fingerprint density at radius 1 is 1.39 bits per heavy atom. The third-order valence-corrected chi connectivity index (χ3v) is 3.60. The van der Waals surface area contributed by atoms with Gasteiger partial charge in [0.2, 0.25) is 0 Å². The van der Waals surface area contributed by atoms with E-state index in [0.717, 1.165) is 0 Å². The molecule has 2 rings (SSSR count). The molecule has 23 heavy (non-hydrogen) atoms. The molecule has 0 saturated carbocycles. The molecule has 5 heteroatoms. The molecule has 0 N–H and O–H groups in total. The predicted molar refractivity (Wildman–Crippen MR) is 88.9 cm³/mol. The van der Waals surface area contributed by atoms with E-state index in [2.05, 4.69) is 0 Å². The smallest absolute Gasteiger partial charge is 0.257 e. The average molecular weight is 321 g/mol. The summed E-state index contributed by atoms with van der Waals surface area (Å²) in [6.45, 7) is 9.42. The highest BCUT2D eigenvalue weighted by Crippen LogP contribution is 2.26. The highest BCUT2D eigenvalue weighted by Gasteiger charge is 2.36. The first-order chi connectivity index (χ1) is 10.8. The molecule has 1 aliphatic heterocycles. The zero-order chi connectivity index (χ0) is 17.0. The first kappa shape index (κ1) is 17.8. The summed E-state index contributed by atoms with van der Waals surface area (Å²) in [5.74, 6) is 0.596. The molecule has 1 fully saturated rings. The van der Waals surface area contributed by atoms with E-state index in [1.165, 1.54) is 0 Å². The summed E-state index contributed by atoms with van der Waals surface area (Å²) >= 11 is 0. The highest BCUT2D eigenvalue weighted by molar-refractivity contribution is 5.97. The lowest BCUT2D eigenvalue weighted by Gasteiger charge is -2.42. The number of methoxy groups -OCH3 is 1. The number of para-hydroxylation sites is 1. The molecule has 1 aromatic rings. The maximum absolute atomic E-state index is 13.0. The number of benzene rings is 1. The summed E-state index contributed by atoms with van der Waals surface area (Å²) in [6, 6.07) is 7.39. The molecule has 0 spiro atoms. The molecular weight excluding hydrogens is 294 g/mol. The number of carbonyl (C=O) groups is 1. The van der Waals surface area contributed by atoms with Crippen molar-refractivity contribution in [1.82, 2.24) is 4.90 Å². The molecule has 0 radical (unpaired) electrons. The van der Waals surface area contributed by atoms with Crippen LogP contribution in [0.15, 0.2) is 24.3 Å². The Morgan fingerprint density at radius 2 is 2.09 bits per heavy atom. The minimum absolute atomic E-state index is 0.0197. The van der Waals surface area contributed by atoms with Crippen LogP contribution >= 0.6 is 0 Å². The summed E-state index contributed by atoms with van der Waals surface area (Å²) < 4.78 is 17.0. The number of amides is 1. The summed E-state index contributed by atoms with van der Waals surface area (Å²) in [5, 5.41) is 0. The number of hydrogen-bond acceptors (Lipinski definition) is 4. The van der Waals surface area contributed by atoms with E-state index in [1.54, 1.807) is 7.11 Å². The van der Waals surface area contributed by atoms with Crippen molar-refractivity contribution >= 4 is 5.91 Å². The number of ether oxygens (including phenoxy) is 3. The zero-order valence-electron chi connectivity index (χ0n) is 14.7. The van der Waals surface area contributed by atoms with Gasteiger partial charge in [-0.05, 0) is 39.8 Å². The second-order valence-corrected chi connectivity index (χ2v) is 6.80. The molecular formula is C18H27NO4. The predicted octanol–water partition coefficient (Wildman–Crippen LogP) is 2.74. The van der Waals surface area contributed by atoms with Crippen molar-refractivity contribution in [2.24, 2.45) is 0 Å². The Bertz CT molecular complexity index is 542. The minimum Gasteiger partial charge on any atom is -0.490 e. The van der Waals surface area contributed by atoms with E-state index in [0.29, 0.717) is 31.0 Å². The fraction of sp³-hybridized carbons (Fsp3) is 0.611.